The van der Waals surface area contributed by atoms with Crippen LogP contribution in [0.5, 0.6) is 0 Å². The van der Waals surface area contributed by atoms with Crippen LogP contribution in [0.15, 0.2) is 4.99 Å². The number of methoxy groups -OCH3 is 1. The van der Waals surface area contributed by atoms with Gasteiger partial charge in [-0.25, -0.2) is 0 Å². The summed E-state index contributed by atoms with van der Waals surface area (Å²) in [5.74, 6) is 0.881. The molecule has 2 N–H and O–H groups in total. The summed E-state index contributed by atoms with van der Waals surface area (Å²) in [4.78, 5) is 6.77. The van der Waals surface area contributed by atoms with Crippen molar-refractivity contribution in [3.05, 3.63) is 0 Å². The third-order valence-electron chi connectivity index (χ3n) is 3.30. The molecule has 6 heteroatoms. The van der Waals surface area contributed by atoms with Crippen molar-refractivity contribution < 1.29 is 4.74 Å². The predicted octanol–water partition coefficient (Wildman–Crippen LogP) is 1.68. The lowest BCUT2D eigenvalue weighted by Gasteiger charge is -2.27. The van der Waals surface area contributed by atoms with Gasteiger partial charge in [0.15, 0.2) is 5.96 Å². The molecule has 0 amide bonds. The summed E-state index contributed by atoms with van der Waals surface area (Å²) in [5, 5.41) is 6.81. The maximum absolute atomic E-state index is 5.17. The van der Waals surface area contributed by atoms with Crippen LogP contribution in [0.3, 0.4) is 0 Å². The number of rotatable bonds is 5. The lowest BCUT2D eigenvalue weighted by atomic mass is 10.1. The summed E-state index contributed by atoms with van der Waals surface area (Å²) in [6.45, 7) is 10.4. The van der Waals surface area contributed by atoms with Crippen LogP contribution in [-0.4, -0.2) is 62.8 Å². The molecule has 1 rings (SSSR count). The van der Waals surface area contributed by atoms with E-state index < -0.39 is 0 Å². The van der Waals surface area contributed by atoms with Gasteiger partial charge in [0, 0.05) is 38.8 Å². The van der Waals surface area contributed by atoms with E-state index in [1.165, 1.54) is 19.4 Å². The van der Waals surface area contributed by atoms with Crippen molar-refractivity contribution in [2.24, 2.45) is 4.99 Å². The van der Waals surface area contributed by atoms with E-state index in [2.05, 4.69) is 41.3 Å². The second-order valence-electron chi connectivity index (χ2n) is 6.15. The van der Waals surface area contributed by atoms with Crippen molar-refractivity contribution in [1.29, 1.82) is 0 Å². The minimum absolute atomic E-state index is 0. The molecule has 0 aromatic rings. The van der Waals surface area contributed by atoms with Crippen LogP contribution in [0.4, 0.5) is 0 Å². The zero-order valence-corrected chi connectivity index (χ0v) is 15.9. The van der Waals surface area contributed by atoms with E-state index in [4.69, 9.17) is 4.74 Å². The maximum Gasteiger partial charge on any atom is 0.191 e. The molecule has 0 spiro atoms. The van der Waals surface area contributed by atoms with Gasteiger partial charge < -0.3 is 15.4 Å². The number of aliphatic imine (C=N–C) groups is 1. The van der Waals surface area contributed by atoms with Gasteiger partial charge in [-0.2, -0.15) is 0 Å². The molecular weight excluding hydrogens is 367 g/mol. The Bertz CT molecular complexity index is 291. The third-order valence-corrected chi connectivity index (χ3v) is 3.30. The highest BCUT2D eigenvalue weighted by Crippen LogP contribution is 2.15. The van der Waals surface area contributed by atoms with E-state index in [0.717, 1.165) is 25.7 Å². The van der Waals surface area contributed by atoms with Gasteiger partial charge in [-0.3, -0.25) is 9.89 Å². The summed E-state index contributed by atoms with van der Waals surface area (Å²) in [6.07, 6.45) is 2.53. The molecule has 1 saturated heterocycles. The van der Waals surface area contributed by atoms with E-state index in [1.54, 1.807) is 7.11 Å². The molecule has 5 nitrogen and oxygen atoms in total. The van der Waals surface area contributed by atoms with Crippen molar-refractivity contribution in [1.82, 2.24) is 15.5 Å². The number of guanidine groups is 1. The van der Waals surface area contributed by atoms with Crippen LogP contribution in [0.2, 0.25) is 0 Å². The fourth-order valence-electron chi connectivity index (χ4n) is 2.38. The normalized spacial score (nSPS) is 20.6. The van der Waals surface area contributed by atoms with Crippen LogP contribution in [-0.2, 0) is 4.74 Å². The second-order valence-corrected chi connectivity index (χ2v) is 6.15. The first-order valence-electron chi connectivity index (χ1n) is 7.18. The summed E-state index contributed by atoms with van der Waals surface area (Å²) < 4.78 is 5.17. The molecule has 0 radical (unpaired) electrons. The minimum Gasteiger partial charge on any atom is -0.383 e. The van der Waals surface area contributed by atoms with Gasteiger partial charge in [-0.05, 0) is 40.2 Å². The first kappa shape index (κ1) is 19.9. The van der Waals surface area contributed by atoms with Crippen LogP contribution in [0.1, 0.15) is 33.6 Å². The fourth-order valence-corrected chi connectivity index (χ4v) is 2.38. The fraction of sp³-hybridized carbons (Fsp3) is 0.929. The number of halogens is 1. The molecule has 0 bridgehead atoms. The number of ether oxygens (including phenoxy) is 1. The molecule has 1 unspecified atom stereocenters. The molecule has 120 valence electrons. The van der Waals surface area contributed by atoms with Crippen molar-refractivity contribution in [2.45, 2.75) is 45.2 Å². The molecule has 0 aromatic heterocycles. The minimum atomic E-state index is 0. The van der Waals surface area contributed by atoms with Crippen LogP contribution < -0.4 is 10.6 Å². The molecule has 1 aliphatic heterocycles. The zero-order chi connectivity index (χ0) is 14.3. The Kier molecular flexibility index (Phi) is 9.74. The molecule has 0 aliphatic carbocycles. The van der Waals surface area contributed by atoms with Gasteiger partial charge >= 0.3 is 0 Å². The largest absolute Gasteiger partial charge is 0.383 e. The Morgan fingerprint density at radius 3 is 2.65 bits per heavy atom. The lowest BCUT2D eigenvalue weighted by molar-refractivity contribution is 0.141. The van der Waals surface area contributed by atoms with Gasteiger partial charge in [0.1, 0.15) is 0 Å². The Morgan fingerprint density at radius 1 is 1.40 bits per heavy atom. The molecule has 20 heavy (non-hydrogen) atoms. The van der Waals surface area contributed by atoms with Crippen LogP contribution in [0.25, 0.3) is 0 Å². The van der Waals surface area contributed by atoms with Gasteiger partial charge in [-0.15, -0.1) is 24.0 Å². The first-order valence-corrected chi connectivity index (χ1v) is 7.18. The summed E-state index contributed by atoms with van der Waals surface area (Å²) in [7, 11) is 3.58. The van der Waals surface area contributed by atoms with E-state index in [1.807, 2.05) is 7.05 Å². The molecule has 0 aromatic carbocycles. The summed E-state index contributed by atoms with van der Waals surface area (Å²) in [5.41, 5.74) is 0.0350. The van der Waals surface area contributed by atoms with Crippen molar-refractivity contribution in [2.75, 3.05) is 40.4 Å². The standard InChI is InChI=1S/C14H30N4O.HI/c1-14(2,3)17-13(15-4)16-11-12-7-6-8-18(12)9-10-19-5;/h12H,6-11H2,1-5H3,(H2,15,16,17);1H. The summed E-state index contributed by atoms with van der Waals surface area (Å²) in [6, 6.07) is 0.591. The highest BCUT2D eigenvalue weighted by atomic mass is 127. The topological polar surface area (TPSA) is 48.9 Å². The zero-order valence-electron chi connectivity index (χ0n) is 13.5. The molecule has 1 atom stereocenters. The molecule has 0 saturated carbocycles. The monoisotopic (exact) mass is 398 g/mol. The van der Waals surface area contributed by atoms with Gasteiger partial charge in [0.2, 0.25) is 0 Å². The third kappa shape index (κ3) is 7.64. The van der Waals surface area contributed by atoms with E-state index in [9.17, 15) is 0 Å². The number of nitrogens with one attached hydrogen (secondary N) is 2. The van der Waals surface area contributed by atoms with E-state index in [-0.39, 0.29) is 29.5 Å². The lowest BCUT2D eigenvalue weighted by Crippen LogP contribution is -2.50. The van der Waals surface area contributed by atoms with E-state index in [0.29, 0.717) is 6.04 Å². The highest BCUT2D eigenvalue weighted by Gasteiger charge is 2.24. The first-order chi connectivity index (χ1) is 8.96. The quantitative estimate of drug-likeness (QED) is 0.420. The highest BCUT2D eigenvalue weighted by molar-refractivity contribution is 14.0. The Morgan fingerprint density at radius 2 is 2.10 bits per heavy atom. The molecular formula is C14H31IN4O. The smallest absolute Gasteiger partial charge is 0.191 e. The van der Waals surface area contributed by atoms with Crippen LogP contribution >= 0.6 is 24.0 Å². The molecule has 1 aliphatic rings. The number of hydrogen-bond donors (Lipinski definition) is 2. The molecule has 1 heterocycles. The van der Waals surface area contributed by atoms with Gasteiger partial charge in [0.25, 0.3) is 0 Å². The van der Waals surface area contributed by atoms with Crippen molar-refractivity contribution in [3.8, 4) is 0 Å². The number of nitrogens with zero attached hydrogens (tertiary/aromatic N) is 2. The second kappa shape index (κ2) is 9.78. The average Bonchev–Trinajstić information content (AvgIpc) is 2.78. The Hall–Kier alpha value is -0.0800. The number of likely N-dealkylation sites (tertiary alicyclic amines) is 1. The Balaban J connectivity index is 0.00000361. The van der Waals surface area contributed by atoms with Crippen LogP contribution in [0, 0.1) is 0 Å². The Labute approximate surface area is 140 Å². The average molecular weight is 398 g/mol. The van der Waals surface area contributed by atoms with Gasteiger partial charge in [-0.1, -0.05) is 0 Å². The number of hydrogen-bond acceptors (Lipinski definition) is 3. The SMILES string of the molecule is CN=C(NCC1CCCN1CCOC)NC(C)(C)C.I. The van der Waals surface area contributed by atoms with Gasteiger partial charge in [0.05, 0.1) is 6.61 Å². The summed E-state index contributed by atoms with van der Waals surface area (Å²) >= 11 is 0. The molecule has 1 fully saturated rings. The predicted molar refractivity (Wildman–Crippen MR) is 96.1 cm³/mol. The van der Waals surface area contributed by atoms with E-state index >= 15 is 0 Å². The van der Waals surface area contributed by atoms with Crippen molar-refractivity contribution >= 4 is 29.9 Å². The van der Waals surface area contributed by atoms with Crippen molar-refractivity contribution in [3.63, 3.8) is 0 Å². The maximum atomic E-state index is 5.17.